The maximum Gasteiger partial charge on any atom is 0.244 e. The van der Waals surface area contributed by atoms with E-state index in [0.717, 1.165) is 25.8 Å². The van der Waals surface area contributed by atoms with Crippen molar-refractivity contribution >= 4 is 0 Å². The SMILES string of the molecule is C=CCCCCCC[n+]1ccn([C@H]2CCCC[C@@H]2O)c1. The molecule has 2 atom stereocenters. The van der Waals surface area contributed by atoms with Gasteiger partial charge in [-0.1, -0.05) is 18.9 Å². The highest BCUT2D eigenvalue weighted by molar-refractivity contribution is 4.83. The number of nitrogens with zero attached hydrogens (tertiary/aromatic N) is 2. The fourth-order valence-electron chi connectivity index (χ4n) is 3.12. The lowest BCUT2D eigenvalue weighted by Gasteiger charge is -2.24. The second-order valence-electron chi connectivity index (χ2n) is 6.01. The minimum Gasteiger partial charge on any atom is -0.389 e. The van der Waals surface area contributed by atoms with Crippen molar-refractivity contribution in [2.45, 2.75) is 76.5 Å². The molecule has 3 heteroatoms. The Morgan fingerprint density at radius 2 is 2.00 bits per heavy atom. The Morgan fingerprint density at radius 3 is 2.80 bits per heavy atom. The third kappa shape index (κ3) is 4.48. The van der Waals surface area contributed by atoms with Crippen LogP contribution in [0.3, 0.4) is 0 Å². The van der Waals surface area contributed by atoms with Crippen LogP contribution in [0.4, 0.5) is 0 Å². The highest BCUT2D eigenvalue weighted by Gasteiger charge is 2.28. The summed E-state index contributed by atoms with van der Waals surface area (Å²) < 4.78 is 4.47. The van der Waals surface area contributed by atoms with Gasteiger partial charge in [0.15, 0.2) is 0 Å². The quantitative estimate of drug-likeness (QED) is 0.440. The molecule has 0 bridgehead atoms. The van der Waals surface area contributed by atoms with Gasteiger partial charge in [0.25, 0.3) is 0 Å². The van der Waals surface area contributed by atoms with Gasteiger partial charge in [0.2, 0.25) is 6.33 Å². The smallest absolute Gasteiger partial charge is 0.244 e. The van der Waals surface area contributed by atoms with Crippen molar-refractivity contribution in [3.63, 3.8) is 0 Å². The number of aromatic nitrogens is 2. The van der Waals surface area contributed by atoms with Crippen molar-refractivity contribution in [1.82, 2.24) is 4.57 Å². The summed E-state index contributed by atoms with van der Waals surface area (Å²) in [4.78, 5) is 0. The van der Waals surface area contributed by atoms with E-state index in [1.165, 1.54) is 38.5 Å². The van der Waals surface area contributed by atoms with Crippen LogP contribution in [-0.2, 0) is 6.54 Å². The van der Waals surface area contributed by atoms with E-state index >= 15 is 0 Å². The molecule has 1 fully saturated rings. The Morgan fingerprint density at radius 1 is 1.20 bits per heavy atom. The zero-order valence-electron chi connectivity index (χ0n) is 12.6. The van der Waals surface area contributed by atoms with E-state index < -0.39 is 0 Å². The molecule has 0 spiro atoms. The zero-order valence-corrected chi connectivity index (χ0v) is 12.6. The maximum absolute atomic E-state index is 10.1. The third-order valence-corrected chi connectivity index (χ3v) is 4.36. The Labute approximate surface area is 122 Å². The number of aryl methyl sites for hydroxylation is 1. The average Bonchev–Trinajstić information content (AvgIpc) is 2.92. The van der Waals surface area contributed by atoms with Crippen LogP contribution in [0.5, 0.6) is 0 Å². The first kappa shape index (κ1) is 15.3. The largest absolute Gasteiger partial charge is 0.389 e. The van der Waals surface area contributed by atoms with Crippen LogP contribution >= 0.6 is 0 Å². The predicted octanol–water partition coefficient (Wildman–Crippen LogP) is 3.39. The lowest BCUT2D eigenvalue weighted by Crippen LogP contribution is -2.33. The standard InChI is InChI=1S/C17H29N2O/c1-2-3-4-5-6-9-12-18-13-14-19(15-18)16-10-7-8-11-17(16)20/h2,13-17,20H,1,3-12H2/q+1/t16-,17-/m0/s1. The van der Waals surface area contributed by atoms with E-state index in [2.05, 4.69) is 34.4 Å². The molecule has 1 aliphatic carbocycles. The molecule has 0 aromatic carbocycles. The van der Waals surface area contributed by atoms with Gasteiger partial charge < -0.3 is 5.11 Å². The second-order valence-corrected chi connectivity index (χ2v) is 6.01. The Bertz CT molecular complexity index is 399. The van der Waals surface area contributed by atoms with Crippen molar-refractivity contribution in [3.05, 3.63) is 31.4 Å². The lowest BCUT2D eigenvalue weighted by atomic mass is 9.92. The molecule has 1 heterocycles. The van der Waals surface area contributed by atoms with Gasteiger partial charge in [-0.05, 0) is 44.9 Å². The molecule has 3 nitrogen and oxygen atoms in total. The number of rotatable bonds is 8. The van der Waals surface area contributed by atoms with Crippen LogP contribution in [0.15, 0.2) is 31.4 Å². The average molecular weight is 277 g/mol. The molecular formula is C17H29N2O+. The molecule has 0 aliphatic heterocycles. The maximum atomic E-state index is 10.1. The number of allylic oxidation sites excluding steroid dienone is 1. The van der Waals surface area contributed by atoms with Gasteiger partial charge in [-0.15, -0.1) is 6.58 Å². The van der Waals surface area contributed by atoms with Crippen molar-refractivity contribution < 1.29 is 9.67 Å². The van der Waals surface area contributed by atoms with Crippen LogP contribution in [0.1, 0.15) is 63.8 Å². The van der Waals surface area contributed by atoms with E-state index in [1.54, 1.807) is 0 Å². The van der Waals surface area contributed by atoms with E-state index in [1.807, 2.05) is 6.08 Å². The van der Waals surface area contributed by atoms with E-state index in [0.29, 0.717) is 0 Å². The number of imidazole rings is 1. The van der Waals surface area contributed by atoms with Gasteiger partial charge in [0.1, 0.15) is 18.4 Å². The van der Waals surface area contributed by atoms with Crippen molar-refractivity contribution in [2.24, 2.45) is 0 Å². The summed E-state index contributed by atoms with van der Waals surface area (Å²) in [5, 5.41) is 10.1. The summed E-state index contributed by atoms with van der Waals surface area (Å²) in [5.74, 6) is 0. The fourth-order valence-corrected chi connectivity index (χ4v) is 3.12. The molecule has 0 radical (unpaired) electrons. The van der Waals surface area contributed by atoms with Gasteiger partial charge in [-0.2, -0.15) is 0 Å². The number of aliphatic hydroxyl groups excluding tert-OH is 1. The monoisotopic (exact) mass is 277 g/mol. The number of aliphatic hydroxyl groups is 1. The predicted molar refractivity (Wildman–Crippen MR) is 81.4 cm³/mol. The summed E-state index contributed by atoms with van der Waals surface area (Å²) in [7, 11) is 0. The number of unbranched alkanes of at least 4 members (excludes halogenated alkanes) is 4. The Balaban J connectivity index is 1.73. The minimum atomic E-state index is -0.163. The van der Waals surface area contributed by atoms with Gasteiger partial charge in [-0.3, -0.25) is 0 Å². The molecule has 0 unspecified atom stereocenters. The Kier molecular flexibility index (Phi) is 6.31. The second kappa shape index (κ2) is 8.25. The first-order chi connectivity index (χ1) is 9.81. The van der Waals surface area contributed by atoms with Gasteiger partial charge in [0.05, 0.1) is 12.6 Å². The molecule has 112 valence electrons. The summed E-state index contributed by atoms with van der Waals surface area (Å²) >= 11 is 0. The summed E-state index contributed by atoms with van der Waals surface area (Å²) in [6.45, 7) is 4.84. The first-order valence-corrected chi connectivity index (χ1v) is 8.17. The van der Waals surface area contributed by atoms with Crippen LogP contribution in [0, 0.1) is 0 Å². The molecule has 2 rings (SSSR count). The Hall–Kier alpha value is -1.09. The van der Waals surface area contributed by atoms with Crippen molar-refractivity contribution in [3.8, 4) is 0 Å². The molecule has 1 aromatic rings. The molecule has 0 saturated heterocycles. The molecule has 20 heavy (non-hydrogen) atoms. The molecule has 1 saturated carbocycles. The molecule has 1 N–H and O–H groups in total. The van der Waals surface area contributed by atoms with Crippen molar-refractivity contribution in [1.29, 1.82) is 0 Å². The number of hydrogen-bond acceptors (Lipinski definition) is 1. The topological polar surface area (TPSA) is 29.0 Å². The van der Waals surface area contributed by atoms with Gasteiger partial charge >= 0.3 is 0 Å². The van der Waals surface area contributed by atoms with E-state index in [4.69, 9.17) is 0 Å². The highest BCUT2D eigenvalue weighted by Crippen LogP contribution is 2.27. The van der Waals surface area contributed by atoms with Crippen LogP contribution < -0.4 is 4.57 Å². The van der Waals surface area contributed by atoms with Crippen LogP contribution in [0.2, 0.25) is 0 Å². The zero-order chi connectivity index (χ0) is 14.2. The third-order valence-electron chi connectivity index (χ3n) is 4.36. The highest BCUT2D eigenvalue weighted by atomic mass is 16.3. The normalized spacial score (nSPS) is 22.9. The van der Waals surface area contributed by atoms with Gasteiger partial charge in [0, 0.05) is 0 Å². The minimum absolute atomic E-state index is 0.163. The summed E-state index contributed by atoms with van der Waals surface area (Å²) in [5.41, 5.74) is 0. The van der Waals surface area contributed by atoms with E-state index in [-0.39, 0.29) is 12.1 Å². The lowest BCUT2D eigenvalue weighted by molar-refractivity contribution is -0.697. The summed E-state index contributed by atoms with van der Waals surface area (Å²) in [6, 6.07) is 0.289. The molecule has 0 amide bonds. The molecular weight excluding hydrogens is 248 g/mol. The van der Waals surface area contributed by atoms with Gasteiger partial charge in [-0.25, -0.2) is 9.13 Å². The van der Waals surface area contributed by atoms with Crippen LogP contribution in [-0.4, -0.2) is 15.8 Å². The van der Waals surface area contributed by atoms with Crippen molar-refractivity contribution in [2.75, 3.05) is 0 Å². The van der Waals surface area contributed by atoms with E-state index in [9.17, 15) is 5.11 Å². The molecule has 1 aliphatic rings. The van der Waals surface area contributed by atoms with Crippen LogP contribution in [0.25, 0.3) is 0 Å². The first-order valence-electron chi connectivity index (χ1n) is 8.17. The fraction of sp³-hybridized carbons (Fsp3) is 0.706. The number of hydrogen-bond donors (Lipinski definition) is 1. The molecule has 1 aromatic heterocycles. The summed E-state index contributed by atoms with van der Waals surface area (Å²) in [6.07, 6.45) is 19.0.